The topological polar surface area (TPSA) is 75.7 Å². The minimum Gasteiger partial charge on any atom is -0.484 e. The molecule has 28 heavy (non-hydrogen) atoms. The average molecular weight is 405 g/mol. The van der Waals surface area contributed by atoms with E-state index in [4.69, 9.17) is 4.74 Å². The van der Waals surface area contributed by atoms with Crippen molar-refractivity contribution in [3.8, 4) is 5.75 Å². The van der Waals surface area contributed by atoms with E-state index in [9.17, 15) is 13.2 Å². The lowest BCUT2D eigenvalue weighted by Gasteiger charge is -2.18. The van der Waals surface area contributed by atoms with E-state index >= 15 is 0 Å². The Morgan fingerprint density at radius 2 is 1.57 bits per heavy atom. The van der Waals surface area contributed by atoms with Crippen molar-refractivity contribution in [3.05, 3.63) is 54.1 Å². The van der Waals surface area contributed by atoms with E-state index in [1.165, 1.54) is 22.0 Å². The van der Waals surface area contributed by atoms with Gasteiger partial charge in [-0.3, -0.25) is 4.79 Å². The molecule has 1 N–H and O–H groups in total. The molecular formula is C21H28N2O4S. The molecule has 0 aliphatic heterocycles. The number of carbonyl (C=O) groups is 1. The van der Waals surface area contributed by atoms with Crippen LogP contribution in [0.3, 0.4) is 0 Å². The first-order valence-electron chi connectivity index (χ1n) is 9.40. The number of hydrogen-bond acceptors (Lipinski definition) is 4. The van der Waals surface area contributed by atoms with E-state index < -0.39 is 10.0 Å². The Morgan fingerprint density at radius 1 is 1.00 bits per heavy atom. The third-order valence-electron chi connectivity index (χ3n) is 4.40. The number of anilines is 1. The van der Waals surface area contributed by atoms with Gasteiger partial charge in [-0.05, 0) is 47.9 Å². The fourth-order valence-electron chi connectivity index (χ4n) is 2.72. The third-order valence-corrected chi connectivity index (χ3v) is 6.46. The van der Waals surface area contributed by atoms with E-state index in [1.807, 2.05) is 24.3 Å². The Kier molecular flexibility index (Phi) is 7.60. The largest absolute Gasteiger partial charge is 0.484 e. The van der Waals surface area contributed by atoms with Gasteiger partial charge in [-0.2, -0.15) is 4.31 Å². The number of sulfonamides is 1. The maximum absolute atomic E-state index is 12.5. The summed E-state index contributed by atoms with van der Waals surface area (Å²) in [6.45, 7) is 8.49. The summed E-state index contributed by atoms with van der Waals surface area (Å²) in [5, 5.41) is 2.78. The van der Waals surface area contributed by atoms with E-state index in [0.717, 1.165) is 0 Å². The van der Waals surface area contributed by atoms with Gasteiger partial charge < -0.3 is 10.1 Å². The average Bonchev–Trinajstić information content (AvgIpc) is 2.68. The highest BCUT2D eigenvalue weighted by Crippen LogP contribution is 2.20. The van der Waals surface area contributed by atoms with Crippen LogP contribution < -0.4 is 10.1 Å². The van der Waals surface area contributed by atoms with Crippen LogP contribution in [0.1, 0.15) is 39.2 Å². The van der Waals surface area contributed by atoms with Gasteiger partial charge in [0.25, 0.3) is 5.91 Å². The zero-order chi connectivity index (χ0) is 20.7. The van der Waals surface area contributed by atoms with E-state index in [1.54, 1.807) is 26.0 Å². The lowest BCUT2D eigenvalue weighted by molar-refractivity contribution is -0.118. The fraction of sp³-hybridized carbons (Fsp3) is 0.381. The molecule has 0 heterocycles. The molecule has 0 unspecified atom stereocenters. The molecule has 0 atom stereocenters. The first-order chi connectivity index (χ1) is 13.3. The van der Waals surface area contributed by atoms with Crippen molar-refractivity contribution >= 4 is 21.6 Å². The summed E-state index contributed by atoms with van der Waals surface area (Å²) < 4.78 is 31.8. The molecule has 0 aliphatic rings. The summed E-state index contributed by atoms with van der Waals surface area (Å²) in [6.07, 6.45) is 0. The molecule has 152 valence electrons. The number of hydrogen-bond donors (Lipinski definition) is 1. The van der Waals surface area contributed by atoms with E-state index in [2.05, 4.69) is 19.2 Å². The van der Waals surface area contributed by atoms with Crippen LogP contribution >= 0.6 is 0 Å². The van der Waals surface area contributed by atoms with Gasteiger partial charge in [0.1, 0.15) is 5.75 Å². The smallest absolute Gasteiger partial charge is 0.262 e. The molecule has 0 saturated carbocycles. The predicted octanol–water partition coefficient (Wildman–Crippen LogP) is 3.86. The molecule has 1 amide bonds. The maximum atomic E-state index is 12.5. The summed E-state index contributed by atoms with van der Waals surface area (Å²) in [5.41, 5.74) is 1.91. The first kappa shape index (κ1) is 21.9. The minimum atomic E-state index is -3.50. The van der Waals surface area contributed by atoms with E-state index in [-0.39, 0.29) is 17.4 Å². The predicted molar refractivity (Wildman–Crippen MR) is 111 cm³/mol. The Balaban J connectivity index is 1.93. The van der Waals surface area contributed by atoms with Gasteiger partial charge in [0.05, 0.1) is 4.90 Å². The molecule has 0 radical (unpaired) electrons. The second-order valence-corrected chi connectivity index (χ2v) is 8.61. The highest BCUT2D eigenvalue weighted by Gasteiger charge is 2.21. The van der Waals surface area contributed by atoms with Gasteiger partial charge in [0.2, 0.25) is 10.0 Å². The Bertz CT molecular complexity index is 872. The van der Waals surface area contributed by atoms with Crippen LogP contribution in [0.15, 0.2) is 53.4 Å². The lowest BCUT2D eigenvalue weighted by Crippen LogP contribution is -2.30. The zero-order valence-electron chi connectivity index (χ0n) is 16.8. The van der Waals surface area contributed by atoms with Crippen LogP contribution in [0.5, 0.6) is 5.75 Å². The van der Waals surface area contributed by atoms with Gasteiger partial charge >= 0.3 is 0 Å². The standard InChI is InChI=1S/C21H28N2O4S/c1-5-23(6-2)28(25,26)20-13-11-19(12-14-20)27-15-21(24)22-18-9-7-17(8-10-18)16(3)4/h7-14,16H,5-6,15H2,1-4H3,(H,22,24). The first-order valence-corrected chi connectivity index (χ1v) is 10.8. The highest BCUT2D eigenvalue weighted by molar-refractivity contribution is 7.89. The summed E-state index contributed by atoms with van der Waals surface area (Å²) in [6, 6.07) is 13.8. The van der Waals surface area contributed by atoms with Crippen molar-refractivity contribution < 1.29 is 17.9 Å². The van der Waals surface area contributed by atoms with Gasteiger partial charge in [-0.1, -0.05) is 39.8 Å². The third kappa shape index (κ3) is 5.56. The number of carbonyl (C=O) groups excluding carboxylic acids is 1. The maximum Gasteiger partial charge on any atom is 0.262 e. The molecule has 0 aromatic heterocycles. The van der Waals surface area contributed by atoms with Crippen LogP contribution in [0.4, 0.5) is 5.69 Å². The SMILES string of the molecule is CCN(CC)S(=O)(=O)c1ccc(OCC(=O)Nc2ccc(C(C)C)cc2)cc1. The van der Waals surface area contributed by atoms with Gasteiger partial charge in [0.15, 0.2) is 6.61 Å². The normalized spacial score (nSPS) is 11.6. The molecule has 7 heteroatoms. The molecular weight excluding hydrogens is 376 g/mol. The minimum absolute atomic E-state index is 0.159. The van der Waals surface area contributed by atoms with Crippen LogP contribution in [0.25, 0.3) is 0 Å². The Labute approximate surface area is 167 Å². The van der Waals surface area contributed by atoms with Crippen LogP contribution in [-0.2, 0) is 14.8 Å². The number of benzene rings is 2. The second-order valence-electron chi connectivity index (χ2n) is 6.67. The van der Waals surface area contributed by atoms with Gasteiger partial charge in [0, 0.05) is 18.8 Å². The van der Waals surface area contributed by atoms with E-state index in [0.29, 0.717) is 30.4 Å². The Morgan fingerprint density at radius 3 is 2.07 bits per heavy atom. The van der Waals surface area contributed by atoms with Crippen molar-refractivity contribution in [2.45, 2.75) is 38.5 Å². The number of rotatable bonds is 9. The fourth-order valence-corrected chi connectivity index (χ4v) is 4.18. The number of nitrogens with one attached hydrogen (secondary N) is 1. The highest BCUT2D eigenvalue weighted by atomic mass is 32.2. The number of amides is 1. The lowest BCUT2D eigenvalue weighted by atomic mass is 10.0. The zero-order valence-corrected chi connectivity index (χ0v) is 17.6. The van der Waals surface area contributed by atoms with Crippen molar-refractivity contribution in [1.82, 2.24) is 4.31 Å². The molecule has 0 saturated heterocycles. The Hall–Kier alpha value is -2.38. The quantitative estimate of drug-likeness (QED) is 0.689. The molecule has 0 aliphatic carbocycles. The van der Waals surface area contributed by atoms with Crippen molar-refractivity contribution in [1.29, 1.82) is 0 Å². The summed E-state index contributed by atoms with van der Waals surface area (Å²) in [4.78, 5) is 12.3. The number of ether oxygens (including phenoxy) is 1. The molecule has 2 aromatic carbocycles. The number of nitrogens with zero attached hydrogens (tertiary/aromatic N) is 1. The molecule has 6 nitrogen and oxygen atoms in total. The van der Waals surface area contributed by atoms with Gasteiger partial charge in [-0.25, -0.2) is 8.42 Å². The van der Waals surface area contributed by atoms with Crippen LogP contribution in [0, 0.1) is 0 Å². The summed E-state index contributed by atoms with van der Waals surface area (Å²) in [7, 11) is -3.50. The van der Waals surface area contributed by atoms with Crippen molar-refractivity contribution in [3.63, 3.8) is 0 Å². The monoisotopic (exact) mass is 404 g/mol. The summed E-state index contributed by atoms with van der Waals surface area (Å²) >= 11 is 0. The molecule has 0 bridgehead atoms. The van der Waals surface area contributed by atoms with Crippen LogP contribution in [0.2, 0.25) is 0 Å². The second kappa shape index (κ2) is 9.71. The molecule has 2 rings (SSSR count). The van der Waals surface area contributed by atoms with Crippen molar-refractivity contribution in [2.24, 2.45) is 0 Å². The van der Waals surface area contributed by atoms with Crippen LogP contribution in [-0.4, -0.2) is 38.3 Å². The summed E-state index contributed by atoms with van der Waals surface area (Å²) in [5.74, 6) is 0.586. The molecule has 0 spiro atoms. The van der Waals surface area contributed by atoms with Crippen molar-refractivity contribution in [2.75, 3.05) is 25.0 Å². The van der Waals surface area contributed by atoms with Gasteiger partial charge in [-0.15, -0.1) is 0 Å². The molecule has 2 aromatic rings. The molecule has 0 fully saturated rings.